The van der Waals surface area contributed by atoms with Crippen LogP contribution in [0.3, 0.4) is 0 Å². The van der Waals surface area contributed by atoms with E-state index < -0.39 is 6.10 Å². The molecule has 0 saturated carbocycles. The highest BCUT2D eigenvalue weighted by Crippen LogP contribution is 2.31. The number of phenolic OH excluding ortho intramolecular Hbond substituents is 1. The topological polar surface area (TPSA) is 58.9 Å². The van der Waals surface area contributed by atoms with Crippen molar-refractivity contribution < 1.29 is 19.7 Å². The Bertz CT molecular complexity index is 580. The van der Waals surface area contributed by atoms with Crippen molar-refractivity contribution in [2.24, 2.45) is 0 Å². The first kappa shape index (κ1) is 14.2. The molecule has 4 heteroatoms. The van der Waals surface area contributed by atoms with Crippen LogP contribution in [0, 0.1) is 0 Å². The molecule has 0 bridgehead atoms. The SMILES string of the molecule is COc1ccc(C(O)Cc2cccc(O)c2)cc1OC. The first-order valence-corrected chi connectivity index (χ1v) is 6.32. The van der Waals surface area contributed by atoms with Gasteiger partial charge in [0.2, 0.25) is 0 Å². The van der Waals surface area contributed by atoms with Crippen molar-refractivity contribution in [1.29, 1.82) is 0 Å². The average Bonchev–Trinajstić information content (AvgIpc) is 2.46. The Labute approximate surface area is 118 Å². The number of aromatic hydroxyl groups is 1. The molecule has 2 aromatic rings. The standard InChI is InChI=1S/C16H18O4/c1-19-15-7-6-12(10-16(15)20-2)14(18)9-11-4-3-5-13(17)8-11/h3-8,10,14,17-18H,9H2,1-2H3. The summed E-state index contributed by atoms with van der Waals surface area (Å²) in [6.07, 6.45) is -0.249. The summed E-state index contributed by atoms with van der Waals surface area (Å²) in [6.45, 7) is 0. The molecule has 0 amide bonds. The van der Waals surface area contributed by atoms with Gasteiger partial charge in [-0.05, 0) is 35.4 Å². The number of phenols is 1. The molecule has 2 rings (SSSR count). The van der Waals surface area contributed by atoms with Crippen molar-refractivity contribution in [3.05, 3.63) is 53.6 Å². The highest BCUT2D eigenvalue weighted by molar-refractivity contribution is 5.43. The Balaban J connectivity index is 2.18. The van der Waals surface area contributed by atoms with Crippen molar-refractivity contribution in [3.63, 3.8) is 0 Å². The molecule has 2 aromatic carbocycles. The Morgan fingerprint density at radius 1 is 1.00 bits per heavy atom. The van der Waals surface area contributed by atoms with Gasteiger partial charge < -0.3 is 19.7 Å². The second kappa shape index (κ2) is 6.30. The van der Waals surface area contributed by atoms with E-state index in [-0.39, 0.29) is 5.75 Å². The normalized spacial score (nSPS) is 11.9. The number of methoxy groups -OCH3 is 2. The lowest BCUT2D eigenvalue weighted by molar-refractivity contribution is 0.178. The minimum atomic E-state index is -0.670. The molecule has 20 heavy (non-hydrogen) atoms. The number of hydrogen-bond acceptors (Lipinski definition) is 4. The molecule has 0 heterocycles. The Morgan fingerprint density at radius 3 is 2.40 bits per heavy atom. The third kappa shape index (κ3) is 3.22. The molecule has 2 N–H and O–H groups in total. The lowest BCUT2D eigenvalue weighted by Gasteiger charge is -2.14. The van der Waals surface area contributed by atoms with Gasteiger partial charge in [0.25, 0.3) is 0 Å². The van der Waals surface area contributed by atoms with Crippen LogP contribution in [-0.4, -0.2) is 24.4 Å². The second-order valence-electron chi connectivity index (χ2n) is 4.50. The van der Waals surface area contributed by atoms with Crippen LogP contribution in [0.5, 0.6) is 17.2 Å². The third-order valence-corrected chi connectivity index (χ3v) is 3.13. The molecule has 1 unspecified atom stereocenters. The average molecular weight is 274 g/mol. The van der Waals surface area contributed by atoms with Gasteiger partial charge in [0.15, 0.2) is 11.5 Å². The van der Waals surface area contributed by atoms with Crippen molar-refractivity contribution >= 4 is 0 Å². The maximum Gasteiger partial charge on any atom is 0.161 e. The first-order valence-electron chi connectivity index (χ1n) is 6.32. The van der Waals surface area contributed by atoms with Gasteiger partial charge in [0.05, 0.1) is 20.3 Å². The quantitative estimate of drug-likeness (QED) is 0.880. The lowest BCUT2D eigenvalue weighted by Crippen LogP contribution is -2.02. The van der Waals surface area contributed by atoms with Crippen molar-refractivity contribution in [1.82, 2.24) is 0 Å². The minimum absolute atomic E-state index is 0.196. The van der Waals surface area contributed by atoms with Crippen LogP contribution in [0.2, 0.25) is 0 Å². The number of hydrogen-bond donors (Lipinski definition) is 2. The van der Waals surface area contributed by atoms with Crippen molar-refractivity contribution in [2.75, 3.05) is 14.2 Å². The van der Waals surface area contributed by atoms with Crippen LogP contribution >= 0.6 is 0 Å². The fraction of sp³-hybridized carbons (Fsp3) is 0.250. The zero-order valence-electron chi connectivity index (χ0n) is 11.5. The van der Waals surface area contributed by atoms with Crippen LogP contribution in [0.15, 0.2) is 42.5 Å². The summed E-state index contributed by atoms with van der Waals surface area (Å²) in [5.74, 6) is 1.41. The number of ether oxygens (including phenoxy) is 2. The summed E-state index contributed by atoms with van der Waals surface area (Å²) < 4.78 is 10.4. The zero-order valence-corrected chi connectivity index (χ0v) is 11.5. The van der Waals surface area contributed by atoms with Crippen LogP contribution < -0.4 is 9.47 Å². The van der Waals surface area contributed by atoms with E-state index in [4.69, 9.17) is 9.47 Å². The molecule has 0 fully saturated rings. The first-order chi connectivity index (χ1) is 9.63. The number of rotatable bonds is 5. The largest absolute Gasteiger partial charge is 0.508 e. The van der Waals surface area contributed by atoms with E-state index in [1.807, 2.05) is 6.07 Å². The molecule has 0 aliphatic carbocycles. The van der Waals surface area contributed by atoms with Crippen LogP contribution in [-0.2, 0) is 6.42 Å². The maximum atomic E-state index is 10.3. The van der Waals surface area contributed by atoms with Crippen molar-refractivity contribution in [3.8, 4) is 17.2 Å². The van der Waals surface area contributed by atoms with E-state index in [2.05, 4.69) is 0 Å². The fourth-order valence-corrected chi connectivity index (χ4v) is 2.08. The molecular formula is C16H18O4. The summed E-state index contributed by atoms with van der Waals surface area (Å²) >= 11 is 0. The number of aliphatic hydroxyl groups is 1. The Hall–Kier alpha value is -2.20. The van der Waals surface area contributed by atoms with Gasteiger partial charge in [-0.2, -0.15) is 0 Å². The van der Waals surface area contributed by atoms with Crippen LogP contribution in [0.1, 0.15) is 17.2 Å². The number of benzene rings is 2. The highest BCUT2D eigenvalue weighted by Gasteiger charge is 2.12. The molecular weight excluding hydrogens is 256 g/mol. The van der Waals surface area contributed by atoms with E-state index in [1.165, 1.54) is 0 Å². The van der Waals surface area contributed by atoms with Gasteiger partial charge in [-0.15, -0.1) is 0 Å². The lowest BCUT2D eigenvalue weighted by atomic mass is 10.0. The monoisotopic (exact) mass is 274 g/mol. The summed E-state index contributed by atoms with van der Waals surface area (Å²) in [5, 5.41) is 19.7. The van der Waals surface area contributed by atoms with Gasteiger partial charge in [-0.3, -0.25) is 0 Å². The maximum absolute atomic E-state index is 10.3. The van der Waals surface area contributed by atoms with Gasteiger partial charge in [0.1, 0.15) is 5.75 Å². The molecule has 0 radical (unpaired) electrons. The molecule has 0 spiro atoms. The number of aliphatic hydroxyl groups excluding tert-OH is 1. The molecule has 106 valence electrons. The van der Waals surface area contributed by atoms with Crippen LogP contribution in [0.4, 0.5) is 0 Å². The molecule has 0 aromatic heterocycles. The van der Waals surface area contributed by atoms with E-state index in [9.17, 15) is 10.2 Å². The van der Waals surface area contributed by atoms with E-state index in [1.54, 1.807) is 50.6 Å². The molecule has 0 aliphatic heterocycles. The molecule has 4 nitrogen and oxygen atoms in total. The van der Waals surface area contributed by atoms with E-state index >= 15 is 0 Å². The van der Waals surface area contributed by atoms with Gasteiger partial charge >= 0.3 is 0 Å². The zero-order chi connectivity index (χ0) is 14.5. The molecule has 0 saturated heterocycles. The fourth-order valence-electron chi connectivity index (χ4n) is 2.08. The Kier molecular flexibility index (Phi) is 4.48. The minimum Gasteiger partial charge on any atom is -0.508 e. The summed E-state index contributed by atoms with van der Waals surface area (Å²) in [5.41, 5.74) is 1.61. The predicted octanol–water partition coefficient (Wildman–Crippen LogP) is 2.69. The summed E-state index contributed by atoms with van der Waals surface area (Å²) in [7, 11) is 3.13. The third-order valence-electron chi connectivity index (χ3n) is 3.13. The second-order valence-corrected chi connectivity index (χ2v) is 4.50. The van der Waals surface area contributed by atoms with Gasteiger partial charge in [-0.25, -0.2) is 0 Å². The Morgan fingerprint density at radius 2 is 1.75 bits per heavy atom. The predicted molar refractivity (Wildman–Crippen MR) is 76.3 cm³/mol. The van der Waals surface area contributed by atoms with E-state index in [0.717, 1.165) is 11.1 Å². The smallest absolute Gasteiger partial charge is 0.161 e. The van der Waals surface area contributed by atoms with Gasteiger partial charge in [0, 0.05) is 6.42 Å². The molecule has 1 atom stereocenters. The van der Waals surface area contributed by atoms with Gasteiger partial charge in [-0.1, -0.05) is 18.2 Å². The summed E-state index contributed by atoms with van der Waals surface area (Å²) in [4.78, 5) is 0. The van der Waals surface area contributed by atoms with E-state index in [0.29, 0.717) is 17.9 Å². The molecule has 0 aliphatic rings. The highest BCUT2D eigenvalue weighted by atomic mass is 16.5. The summed E-state index contributed by atoms with van der Waals surface area (Å²) in [6, 6.07) is 12.2. The van der Waals surface area contributed by atoms with Crippen LogP contribution in [0.25, 0.3) is 0 Å². The van der Waals surface area contributed by atoms with Crippen molar-refractivity contribution in [2.45, 2.75) is 12.5 Å².